The van der Waals surface area contributed by atoms with E-state index in [0.29, 0.717) is 0 Å². The van der Waals surface area contributed by atoms with E-state index in [0.717, 1.165) is 11.3 Å². The van der Waals surface area contributed by atoms with Gasteiger partial charge in [0.25, 0.3) is 0 Å². The van der Waals surface area contributed by atoms with Gasteiger partial charge in [-0.15, -0.1) is 0 Å². The fourth-order valence-corrected chi connectivity index (χ4v) is 1.72. The van der Waals surface area contributed by atoms with E-state index in [4.69, 9.17) is 5.73 Å². The van der Waals surface area contributed by atoms with Crippen molar-refractivity contribution >= 4 is 12.0 Å². The van der Waals surface area contributed by atoms with Crippen LogP contribution in [0.5, 0.6) is 0 Å². The molecule has 1 unspecified atom stereocenters. The minimum absolute atomic E-state index is 0.102. The monoisotopic (exact) mass is 204 g/mol. The summed E-state index contributed by atoms with van der Waals surface area (Å²) in [6.45, 7) is 6.30. The number of pyridine rings is 1. The fourth-order valence-electron chi connectivity index (χ4n) is 1.72. The molecule has 1 aliphatic rings. The quantitative estimate of drug-likeness (QED) is 0.673. The van der Waals surface area contributed by atoms with E-state index in [1.165, 1.54) is 0 Å². The lowest BCUT2D eigenvalue weighted by Gasteiger charge is -2.43. The topological polar surface area (TPSA) is 63.3 Å². The van der Waals surface area contributed by atoms with Gasteiger partial charge in [-0.1, -0.05) is 20.8 Å². The predicted octanol–water partition coefficient (Wildman–Crippen LogP) is 1.50. The summed E-state index contributed by atoms with van der Waals surface area (Å²) in [5, 5.41) is 3.15. The highest BCUT2D eigenvalue weighted by atomic mass is 15.2. The first-order valence-electron chi connectivity index (χ1n) is 4.99. The van der Waals surface area contributed by atoms with Gasteiger partial charge in [0.1, 0.15) is 5.66 Å². The molecule has 0 saturated carbocycles. The predicted molar refractivity (Wildman–Crippen MR) is 60.8 cm³/mol. The van der Waals surface area contributed by atoms with Gasteiger partial charge in [-0.25, -0.2) is 4.99 Å². The van der Waals surface area contributed by atoms with Crippen LogP contribution in [-0.4, -0.2) is 11.3 Å². The van der Waals surface area contributed by atoms with E-state index in [1.807, 2.05) is 6.07 Å². The second-order valence-electron chi connectivity index (χ2n) is 4.85. The van der Waals surface area contributed by atoms with E-state index in [1.54, 1.807) is 18.7 Å². The molecular formula is C11H16N4. The zero-order valence-corrected chi connectivity index (χ0v) is 9.28. The lowest BCUT2D eigenvalue weighted by atomic mass is 9.76. The van der Waals surface area contributed by atoms with Gasteiger partial charge in [0, 0.05) is 17.2 Å². The number of hydrogen-bond donors (Lipinski definition) is 2. The Morgan fingerprint density at radius 1 is 1.40 bits per heavy atom. The van der Waals surface area contributed by atoms with Gasteiger partial charge >= 0.3 is 0 Å². The Labute approximate surface area is 89.6 Å². The molecule has 1 aromatic rings. The van der Waals surface area contributed by atoms with Crippen LogP contribution in [0.3, 0.4) is 0 Å². The van der Waals surface area contributed by atoms with Crippen LogP contribution in [0, 0.1) is 5.41 Å². The molecule has 3 N–H and O–H groups in total. The number of nitrogens with two attached hydrogens (primary N) is 1. The summed E-state index contributed by atoms with van der Waals surface area (Å²) in [5.74, 6) is 0. The molecule has 2 heterocycles. The summed E-state index contributed by atoms with van der Waals surface area (Å²) < 4.78 is 0. The largest absolute Gasteiger partial charge is 0.354 e. The smallest absolute Gasteiger partial charge is 0.120 e. The van der Waals surface area contributed by atoms with Crippen LogP contribution < -0.4 is 11.1 Å². The average molecular weight is 204 g/mol. The minimum Gasteiger partial charge on any atom is -0.354 e. The van der Waals surface area contributed by atoms with Gasteiger partial charge in [-0.2, -0.15) is 0 Å². The number of nitrogens with zero attached hydrogens (tertiary/aromatic N) is 2. The number of rotatable bonds is 0. The molecule has 4 nitrogen and oxygen atoms in total. The van der Waals surface area contributed by atoms with Crippen molar-refractivity contribution in [2.45, 2.75) is 26.4 Å². The third-order valence-electron chi connectivity index (χ3n) is 2.90. The number of aromatic nitrogens is 1. The molecule has 1 atom stereocenters. The Morgan fingerprint density at radius 2 is 2.13 bits per heavy atom. The molecular weight excluding hydrogens is 188 g/mol. The van der Waals surface area contributed by atoms with Gasteiger partial charge in [-0.3, -0.25) is 4.98 Å². The molecule has 1 aliphatic heterocycles. The number of nitrogens with one attached hydrogen (secondary N) is 1. The molecule has 0 aliphatic carbocycles. The Kier molecular flexibility index (Phi) is 2.04. The molecule has 0 saturated heterocycles. The minimum atomic E-state index is -0.590. The molecule has 4 heteroatoms. The molecule has 2 rings (SSSR count). The van der Waals surface area contributed by atoms with Crippen molar-refractivity contribution in [3.8, 4) is 0 Å². The molecule has 0 aromatic carbocycles. The Hall–Kier alpha value is -1.42. The molecule has 0 bridgehead atoms. The maximum atomic E-state index is 6.42. The van der Waals surface area contributed by atoms with E-state index >= 15 is 0 Å². The molecule has 0 amide bonds. The second kappa shape index (κ2) is 3.03. The second-order valence-corrected chi connectivity index (χ2v) is 4.85. The summed E-state index contributed by atoms with van der Waals surface area (Å²) in [7, 11) is 0. The molecule has 0 radical (unpaired) electrons. The van der Waals surface area contributed by atoms with Crippen LogP contribution in [0.4, 0.5) is 5.69 Å². The SMILES string of the molecule is CC(C)(C)C1(N)NC=Nc2cnccc21. The maximum absolute atomic E-state index is 6.42. The highest BCUT2D eigenvalue weighted by molar-refractivity contribution is 5.69. The van der Waals surface area contributed by atoms with Crippen molar-refractivity contribution in [2.24, 2.45) is 16.1 Å². The highest BCUT2D eigenvalue weighted by Crippen LogP contribution is 2.39. The van der Waals surface area contributed by atoms with Crippen molar-refractivity contribution < 1.29 is 0 Å². The van der Waals surface area contributed by atoms with Gasteiger partial charge < -0.3 is 11.1 Å². The standard InChI is InChI=1S/C11H16N4/c1-10(2,3)11(12)8-4-5-13-6-9(8)14-7-15-11/h4-7H,12H2,1-3H3,(H,14,15). The number of hydrogen-bond acceptors (Lipinski definition) is 4. The highest BCUT2D eigenvalue weighted by Gasteiger charge is 2.42. The van der Waals surface area contributed by atoms with Crippen molar-refractivity contribution in [1.29, 1.82) is 0 Å². The molecule has 15 heavy (non-hydrogen) atoms. The van der Waals surface area contributed by atoms with Crippen LogP contribution in [0.25, 0.3) is 0 Å². The zero-order chi connectivity index (χ0) is 11.1. The van der Waals surface area contributed by atoms with Crippen LogP contribution >= 0.6 is 0 Å². The molecule has 80 valence electrons. The van der Waals surface area contributed by atoms with Gasteiger partial charge in [0.15, 0.2) is 0 Å². The summed E-state index contributed by atoms with van der Waals surface area (Å²) in [4.78, 5) is 8.27. The Bertz CT molecular complexity index is 405. The van der Waals surface area contributed by atoms with Crippen molar-refractivity contribution in [2.75, 3.05) is 0 Å². The van der Waals surface area contributed by atoms with Gasteiger partial charge in [0.2, 0.25) is 0 Å². The lowest BCUT2D eigenvalue weighted by Crippen LogP contribution is -2.59. The maximum Gasteiger partial charge on any atom is 0.120 e. The average Bonchev–Trinajstić information content (AvgIpc) is 2.17. The molecule has 0 fully saturated rings. The van der Waals surface area contributed by atoms with E-state index in [2.05, 4.69) is 36.1 Å². The van der Waals surface area contributed by atoms with Crippen LogP contribution in [0.2, 0.25) is 0 Å². The van der Waals surface area contributed by atoms with Crippen LogP contribution in [-0.2, 0) is 5.66 Å². The molecule has 1 aromatic heterocycles. The first-order chi connectivity index (χ1) is 6.95. The summed E-state index contributed by atoms with van der Waals surface area (Å²) in [6.07, 6.45) is 5.13. The van der Waals surface area contributed by atoms with Crippen molar-refractivity contribution in [3.05, 3.63) is 24.0 Å². The van der Waals surface area contributed by atoms with Crippen LogP contribution in [0.15, 0.2) is 23.5 Å². The van der Waals surface area contributed by atoms with Gasteiger partial charge in [0.05, 0.1) is 18.2 Å². The third kappa shape index (κ3) is 1.41. The summed E-state index contributed by atoms with van der Waals surface area (Å²) in [6, 6.07) is 1.92. The summed E-state index contributed by atoms with van der Waals surface area (Å²) in [5.41, 5.74) is 7.56. The van der Waals surface area contributed by atoms with E-state index in [9.17, 15) is 0 Å². The first kappa shape index (κ1) is 10.1. The summed E-state index contributed by atoms with van der Waals surface area (Å²) >= 11 is 0. The van der Waals surface area contributed by atoms with E-state index < -0.39 is 5.66 Å². The third-order valence-corrected chi connectivity index (χ3v) is 2.90. The first-order valence-corrected chi connectivity index (χ1v) is 4.99. The zero-order valence-electron chi connectivity index (χ0n) is 9.28. The van der Waals surface area contributed by atoms with Gasteiger partial charge in [-0.05, 0) is 6.07 Å². The molecule has 0 spiro atoms. The fraction of sp³-hybridized carbons (Fsp3) is 0.455. The lowest BCUT2D eigenvalue weighted by molar-refractivity contribution is 0.169. The Morgan fingerprint density at radius 3 is 2.80 bits per heavy atom. The van der Waals surface area contributed by atoms with Crippen molar-refractivity contribution in [1.82, 2.24) is 10.3 Å². The van der Waals surface area contributed by atoms with E-state index in [-0.39, 0.29) is 5.41 Å². The number of aliphatic imine (C=N–C) groups is 1. The number of fused-ring (bicyclic) bond motifs is 1. The van der Waals surface area contributed by atoms with Crippen LogP contribution in [0.1, 0.15) is 26.3 Å². The Balaban J connectivity index is 2.60. The normalized spacial score (nSPS) is 24.5. The van der Waals surface area contributed by atoms with Crippen molar-refractivity contribution in [3.63, 3.8) is 0 Å².